The Morgan fingerprint density at radius 3 is 2.56 bits per heavy atom. The van der Waals surface area contributed by atoms with Crippen molar-refractivity contribution in [1.82, 2.24) is 24.9 Å². The van der Waals surface area contributed by atoms with Gasteiger partial charge in [0.15, 0.2) is 0 Å². The minimum absolute atomic E-state index is 0.0394. The second kappa shape index (κ2) is 12.2. The van der Waals surface area contributed by atoms with Crippen LogP contribution in [0.3, 0.4) is 0 Å². The number of anilines is 1. The molecule has 188 valence electrons. The summed E-state index contributed by atoms with van der Waals surface area (Å²) in [5, 5.41) is 7.93. The third kappa shape index (κ3) is 6.09. The van der Waals surface area contributed by atoms with Gasteiger partial charge >= 0.3 is 6.03 Å². The van der Waals surface area contributed by atoms with Crippen molar-refractivity contribution in [3.8, 4) is 5.69 Å². The van der Waals surface area contributed by atoms with E-state index in [2.05, 4.69) is 42.8 Å². The molecule has 8 heteroatoms. The highest BCUT2D eigenvalue weighted by molar-refractivity contribution is 5.75. The first-order valence-corrected chi connectivity index (χ1v) is 12.8. The van der Waals surface area contributed by atoms with E-state index in [1.165, 1.54) is 12.1 Å². The van der Waals surface area contributed by atoms with E-state index in [-0.39, 0.29) is 17.9 Å². The number of urea groups is 1. The van der Waals surface area contributed by atoms with Crippen LogP contribution >= 0.6 is 0 Å². The molecule has 3 rings (SSSR count). The summed E-state index contributed by atoms with van der Waals surface area (Å²) in [6, 6.07) is 6.62. The quantitative estimate of drug-likeness (QED) is 0.515. The van der Waals surface area contributed by atoms with Crippen molar-refractivity contribution in [2.45, 2.75) is 66.5 Å². The fourth-order valence-corrected chi connectivity index (χ4v) is 4.41. The van der Waals surface area contributed by atoms with Gasteiger partial charge in [0.2, 0.25) is 0 Å². The van der Waals surface area contributed by atoms with Gasteiger partial charge < -0.3 is 20.0 Å². The van der Waals surface area contributed by atoms with Crippen molar-refractivity contribution in [2.24, 2.45) is 0 Å². The van der Waals surface area contributed by atoms with Crippen LogP contribution in [-0.4, -0.2) is 70.9 Å². The minimum atomic E-state index is -0.287. The first-order chi connectivity index (χ1) is 16.4. The zero-order valence-electron chi connectivity index (χ0n) is 21.5. The fourth-order valence-electron chi connectivity index (χ4n) is 4.41. The number of piperazine rings is 1. The van der Waals surface area contributed by atoms with Gasteiger partial charge in [-0.05, 0) is 51.4 Å². The summed E-state index contributed by atoms with van der Waals surface area (Å²) in [5.41, 5.74) is 2.59. The minimum Gasteiger partial charge on any atom is -0.354 e. The summed E-state index contributed by atoms with van der Waals surface area (Å²) in [6.45, 7) is 16.3. The molecule has 1 unspecified atom stereocenters. The molecule has 34 heavy (non-hydrogen) atoms. The number of amides is 2. The molecule has 1 fully saturated rings. The molecule has 2 amide bonds. The smallest absolute Gasteiger partial charge is 0.317 e. The SMILES string of the molecule is CCCCNC(=O)N(Cc1c(C)nn(-c2cccc(F)c2)c1N1CCN(CC)CC1)C(C)CC. The zero-order valence-corrected chi connectivity index (χ0v) is 21.5. The molecule has 0 aliphatic carbocycles. The molecule has 0 radical (unpaired) electrons. The highest BCUT2D eigenvalue weighted by atomic mass is 19.1. The summed E-state index contributed by atoms with van der Waals surface area (Å²) >= 11 is 0. The Bertz CT molecular complexity index is 937. The molecule has 0 spiro atoms. The van der Waals surface area contributed by atoms with Crippen LogP contribution in [0, 0.1) is 12.7 Å². The average Bonchev–Trinajstić information content (AvgIpc) is 3.17. The highest BCUT2D eigenvalue weighted by Gasteiger charge is 2.29. The number of rotatable bonds is 10. The average molecular weight is 473 g/mol. The lowest BCUT2D eigenvalue weighted by Crippen LogP contribution is -2.48. The first kappa shape index (κ1) is 26.0. The molecule has 0 bridgehead atoms. The van der Waals surface area contributed by atoms with Crippen molar-refractivity contribution in [3.63, 3.8) is 0 Å². The molecule has 2 heterocycles. The number of unbranched alkanes of at least 4 members (excludes halogenated alkanes) is 1. The van der Waals surface area contributed by atoms with E-state index < -0.39 is 0 Å². The Hall–Kier alpha value is -2.61. The van der Waals surface area contributed by atoms with Crippen molar-refractivity contribution in [3.05, 3.63) is 41.3 Å². The normalized spacial score (nSPS) is 15.4. The van der Waals surface area contributed by atoms with E-state index in [1.807, 2.05) is 22.6 Å². The third-order valence-corrected chi connectivity index (χ3v) is 6.85. The lowest BCUT2D eigenvalue weighted by Gasteiger charge is -2.37. The molecular weight excluding hydrogens is 431 g/mol. The summed E-state index contributed by atoms with van der Waals surface area (Å²) in [4.78, 5) is 19.8. The summed E-state index contributed by atoms with van der Waals surface area (Å²) < 4.78 is 16.0. The van der Waals surface area contributed by atoms with Crippen molar-refractivity contribution >= 4 is 11.8 Å². The van der Waals surface area contributed by atoms with Gasteiger partial charge in [-0.25, -0.2) is 13.9 Å². The van der Waals surface area contributed by atoms with Crippen molar-refractivity contribution in [1.29, 1.82) is 0 Å². The van der Waals surface area contributed by atoms with E-state index in [4.69, 9.17) is 5.10 Å². The number of benzene rings is 1. The van der Waals surface area contributed by atoms with E-state index >= 15 is 0 Å². The Balaban J connectivity index is 2.00. The Morgan fingerprint density at radius 1 is 1.21 bits per heavy atom. The summed E-state index contributed by atoms with van der Waals surface area (Å²) in [6.07, 6.45) is 2.86. The molecule has 1 aliphatic rings. The number of halogens is 1. The summed E-state index contributed by atoms with van der Waals surface area (Å²) in [7, 11) is 0. The van der Waals surface area contributed by atoms with Crippen LogP contribution in [0.5, 0.6) is 0 Å². The van der Waals surface area contributed by atoms with Crippen molar-refractivity contribution in [2.75, 3.05) is 44.2 Å². The second-order valence-electron chi connectivity index (χ2n) is 9.17. The van der Waals surface area contributed by atoms with Crippen LogP contribution in [0.4, 0.5) is 15.0 Å². The molecule has 1 aromatic heterocycles. The molecule has 1 saturated heterocycles. The molecular formula is C26H41FN6O. The van der Waals surface area contributed by atoms with Gasteiger partial charge in [-0.3, -0.25) is 0 Å². The fraction of sp³-hybridized carbons (Fsp3) is 0.615. The number of carbonyl (C=O) groups excluding carboxylic acids is 1. The standard InChI is InChI=1S/C26H41FN6O/c1-6-9-13-28-26(34)32(20(4)7-2)19-24-21(5)29-33(23-12-10-11-22(27)18-23)25(24)31-16-14-30(8-3)15-17-31/h10-12,18,20H,6-9,13-17,19H2,1-5H3,(H,28,34). The van der Waals surface area contributed by atoms with Crippen LogP contribution in [0.25, 0.3) is 5.69 Å². The maximum Gasteiger partial charge on any atom is 0.317 e. The number of likely N-dealkylation sites (N-methyl/N-ethyl adjacent to an activating group) is 1. The van der Waals surface area contributed by atoms with Gasteiger partial charge in [-0.2, -0.15) is 5.10 Å². The summed E-state index contributed by atoms with van der Waals surface area (Å²) in [5.74, 6) is 0.680. The Labute approximate surface area is 203 Å². The maximum atomic E-state index is 14.1. The van der Waals surface area contributed by atoms with E-state index in [9.17, 15) is 9.18 Å². The molecule has 7 nitrogen and oxygen atoms in total. The number of hydrogen-bond acceptors (Lipinski definition) is 4. The van der Waals surface area contributed by atoms with E-state index in [0.29, 0.717) is 18.8 Å². The van der Waals surface area contributed by atoms with Gasteiger partial charge in [0, 0.05) is 44.3 Å². The molecule has 1 atom stereocenters. The third-order valence-electron chi connectivity index (χ3n) is 6.85. The second-order valence-corrected chi connectivity index (χ2v) is 9.17. The van der Waals surface area contributed by atoms with Crippen LogP contribution in [0.2, 0.25) is 0 Å². The maximum absolute atomic E-state index is 14.1. The van der Waals surface area contributed by atoms with E-state index in [1.54, 1.807) is 6.07 Å². The largest absolute Gasteiger partial charge is 0.354 e. The predicted molar refractivity (Wildman–Crippen MR) is 136 cm³/mol. The number of aromatic nitrogens is 2. The first-order valence-electron chi connectivity index (χ1n) is 12.8. The molecule has 1 aliphatic heterocycles. The number of carbonyl (C=O) groups is 1. The number of nitrogens with one attached hydrogen (secondary N) is 1. The van der Waals surface area contributed by atoms with Crippen molar-refractivity contribution < 1.29 is 9.18 Å². The lowest BCUT2D eigenvalue weighted by atomic mass is 10.1. The molecule has 2 aromatic rings. The Morgan fingerprint density at radius 2 is 1.94 bits per heavy atom. The van der Waals surface area contributed by atoms with Crippen LogP contribution in [0.15, 0.2) is 24.3 Å². The van der Waals surface area contributed by atoms with Crippen LogP contribution in [-0.2, 0) is 6.54 Å². The lowest BCUT2D eigenvalue weighted by molar-refractivity contribution is 0.173. The van der Waals surface area contributed by atoms with Gasteiger partial charge in [-0.15, -0.1) is 0 Å². The monoisotopic (exact) mass is 472 g/mol. The molecule has 1 aromatic carbocycles. The number of hydrogen-bond donors (Lipinski definition) is 1. The van der Waals surface area contributed by atoms with Gasteiger partial charge in [-0.1, -0.05) is 33.3 Å². The van der Waals surface area contributed by atoms with Gasteiger partial charge in [0.1, 0.15) is 11.6 Å². The topological polar surface area (TPSA) is 56.6 Å². The molecule has 1 N–H and O–H groups in total. The van der Waals surface area contributed by atoms with Crippen LogP contribution < -0.4 is 10.2 Å². The highest BCUT2D eigenvalue weighted by Crippen LogP contribution is 2.30. The van der Waals surface area contributed by atoms with Crippen LogP contribution in [0.1, 0.15) is 58.2 Å². The zero-order chi connectivity index (χ0) is 24.7. The number of nitrogens with zero attached hydrogens (tertiary/aromatic N) is 5. The Kier molecular flexibility index (Phi) is 9.33. The molecule has 0 saturated carbocycles. The number of aryl methyl sites for hydroxylation is 1. The van der Waals surface area contributed by atoms with Gasteiger partial charge in [0.05, 0.1) is 17.9 Å². The van der Waals surface area contributed by atoms with E-state index in [0.717, 1.165) is 69.1 Å². The van der Waals surface area contributed by atoms with Gasteiger partial charge in [0.25, 0.3) is 0 Å². The predicted octanol–water partition coefficient (Wildman–Crippen LogP) is 4.57.